The van der Waals surface area contributed by atoms with Crippen LogP contribution in [0.5, 0.6) is 0 Å². The van der Waals surface area contributed by atoms with Crippen molar-refractivity contribution in [3.05, 3.63) is 23.8 Å². The summed E-state index contributed by atoms with van der Waals surface area (Å²) < 4.78 is 27.3. The molecule has 0 bridgehead atoms. The minimum absolute atomic E-state index is 0.183. The molecule has 0 unspecified atom stereocenters. The Labute approximate surface area is 117 Å². The third-order valence-corrected chi connectivity index (χ3v) is 4.28. The molecule has 4 N–H and O–H groups in total. The van der Waals surface area contributed by atoms with Crippen molar-refractivity contribution in [2.45, 2.75) is 31.7 Å². The van der Waals surface area contributed by atoms with Gasteiger partial charge in [-0.25, -0.2) is 8.42 Å². The van der Waals surface area contributed by atoms with E-state index in [2.05, 4.69) is 30.4 Å². The smallest absolute Gasteiger partial charge is 0.265 e. The van der Waals surface area contributed by atoms with E-state index in [1.54, 1.807) is 6.92 Å². The molecule has 110 valence electrons. The lowest BCUT2D eigenvalue weighted by Gasteiger charge is -2.07. The van der Waals surface area contributed by atoms with Gasteiger partial charge >= 0.3 is 0 Å². The minimum atomic E-state index is -3.68. The minimum Gasteiger partial charge on any atom is -0.311 e. The van der Waals surface area contributed by atoms with Gasteiger partial charge in [-0.15, -0.1) is 0 Å². The van der Waals surface area contributed by atoms with Crippen molar-refractivity contribution in [3.8, 4) is 0 Å². The third kappa shape index (κ3) is 3.17. The Kier molecular flexibility index (Phi) is 4.40. The normalized spacial score (nSPS) is 11.7. The molecule has 0 spiro atoms. The average Bonchev–Trinajstić information content (AvgIpc) is 2.99. The number of sulfonamides is 1. The van der Waals surface area contributed by atoms with Gasteiger partial charge in [0, 0.05) is 12.7 Å². The standard InChI is InChI=1S/C11H18N6O2S/c1-3-4-12-7-10-11(8(2)15-16-10)20(18,19)17-9-5-13-14-6-9/h5-6,12,17H,3-4,7H2,1-2H3,(H,13,14)(H,15,16). The maximum absolute atomic E-state index is 12.4. The van der Waals surface area contributed by atoms with Gasteiger partial charge in [-0.05, 0) is 19.9 Å². The number of anilines is 1. The highest BCUT2D eigenvalue weighted by molar-refractivity contribution is 7.92. The largest absolute Gasteiger partial charge is 0.311 e. The van der Waals surface area contributed by atoms with Crippen LogP contribution in [0.4, 0.5) is 5.69 Å². The Morgan fingerprint density at radius 1 is 1.40 bits per heavy atom. The molecule has 0 aliphatic heterocycles. The fraction of sp³-hybridized carbons (Fsp3) is 0.455. The second kappa shape index (κ2) is 6.06. The van der Waals surface area contributed by atoms with Crippen LogP contribution in [0.15, 0.2) is 17.3 Å². The second-order valence-corrected chi connectivity index (χ2v) is 6.01. The lowest BCUT2D eigenvalue weighted by Crippen LogP contribution is -2.19. The zero-order valence-corrected chi connectivity index (χ0v) is 12.2. The number of aryl methyl sites for hydroxylation is 1. The maximum Gasteiger partial charge on any atom is 0.265 e. The zero-order valence-electron chi connectivity index (χ0n) is 11.4. The Morgan fingerprint density at radius 2 is 2.20 bits per heavy atom. The van der Waals surface area contributed by atoms with Crippen LogP contribution in [0.25, 0.3) is 0 Å². The summed E-state index contributed by atoms with van der Waals surface area (Å²) in [4.78, 5) is 0.183. The molecule has 0 aliphatic carbocycles. The first-order valence-electron chi connectivity index (χ1n) is 6.30. The topological polar surface area (TPSA) is 116 Å². The first-order valence-corrected chi connectivity index (χ1v) is 7.79. The molecular weight excluding hydrogens is 280 g/mol. The molecule has 20 heavy (non-hydrogen) atoms. The van der Waals surface area contributed by atoms with Crippen molar-refractivity contribution in [1.82, 2.24) is 25.7 Å². The van der Waals surface area contributed by atoms with Gasteiger partial charge < -0.3 is 5.32 Å². The molecule has 0 saturated heterocycles. The van der Waals surface area contributed by atoms with Gasteiger partial charge in [0.05, 0.1) is 23.3 Å². The zero-order chi connectivity index (χ0) is 14.6. The van der Waals surface area contributed by atoms with Gasteiger partial charge in [-0.1, -0.05) is 6.92 Å². The number of nitrogens with one attached hydrogen (secondary N) is 4. The molecule has 0 radical (unpaired) electrons. The molecule has 9 heteroatoms. The van der Waals surface area contributed by atoms with Gasteiger partial charge in [0.2, 0.25) is 0 Å². The van der Waals surface area contributed by atoms with E-state index >= 15 is 0 Å². The van der Waals surface area contributed by atoms with Crippen LogP contribution in [0.1, 0.15) is 24.7 Å². The second-order valence-electron chi connectivity index (χ2n) is 4.39. The van der Waals surface area contributed by atoms with Crippen molar-refractivity contribution in [1.29, 1.82) is 0 Å². The van der Waals surface area contributed by atoms with E-state index in [0.29, 0.717) is 23.6 Å². The van der Waals surface area contributed by atoms with E-state index in [4.69, 9.17) is 0 Å². The van der Waals surface area contributed by atoms with Crippen molar-refractivity contribution in [2.75, 3.05) is 11.3 Å². The molecule has 2 rings (SSSR count). The number of nitrogens with zero attached hydrogens (tertiary/aromatic N) is 2. The average molecular weight is 298 g/mol. The van der Waals surface area contributed by atoms with E-state index in [0.717, 1.165) is 13.0 Å². The summed E-state index contributed by atoms with van der Waals surface area (Å²) in [5, 5.41) is 16.2. The quantitative estimate of drug-likeness (QED) is 0.563. The van der Waals surface area contributed by atoms with E-state index in [1.807, 2.05) is 6.92 Å². The summed E-state index contributed by atoms with van der Waals surface area (Å²) in [6.07, 6.45) is 3.85. The fourth-order valence-electron chi connectivity index (χ4n) is 1.84. The van der Waals surface area contributed by atoms with Gasteiger partial charge in [-0.3, -0.25) is 14.9 Å². The summed E-state index contributed by atoms with van der Waals surface area (Å²) in [5.41, 5.74) is 1.37. The van der Waals surface area contributed by atoms with Crippen LogP contribution < -0.4 is 10.0 Å². The van der Waals surface area contributed by atoms with Crippen LogP contribution in [0.2, 0.25) is 0 Å². The Bertz CT molecular complexity index is 647. The summed E-state index contributed by atoms with van der Waals surface area (Å²) >= 11 is 0. The Hall–Kier alpha value is -1.87. The Morgan fingerprint density at radius 3 is 2.85 bits per heavy atom. The third-order valence-electron chi connectivity index (χ3n) is 2.70. The predicted octanol–water partition coefficient (Wildman–Crippen LogP) is 0.742. The van der Waals surface area contributed by atoms with Crippen LogP contribution in [-0.2, 0) is 16.6 Å². The molecule has 2 aromatic heterocycles. The molecule has 0 fully saturated rings. The molecule has 2 aromatic rings. The van der Waals surface area contributed by atoms with Gasteiger partial charge in [0.15, 0.2) is 0 Å². The SMILES string of the molecule is CCCNCc1n[nH]c(C)c1S(=O)(=O)Nc1cn[nH]c1. The Balaban J connectivity index is 2.24. The number of aromatic amines is 2. The highest BCUT2D eigenvalue weighted by Gasteiger charge is 2.24. The molecule has 0 amide bonds. The monoisotopic (exact) mass is 298 g/mol. The van der Waals surface area contributed by atoms with Gasteiger partial charge in [0.1, 0.15) is 4.90 Å². The molecule has 0 aliphatic rings. The molecule has 2 heterocycles. The van der Waals surface area contributed by atoms with Crippen molar-refractivity contribution in [3.63, 3.8) is 0 Å². The molecular formula is C11H18N6O2S. The first-order chi connectivity index (χ1) is 9.54. The maximum atomic E-state index is 12.4. The number of aromatic nitrogens is 4. The summed E-state index contributed by atoms with van der Waals surface area (Å²) in [6.45, 7) is 4.93. The summed E-state index contributed by atoms with van der Waals surface area (Å²) in [6, 6.07) is 0. The number of H-pyrrole nitrogens is 2. The van der Waals surface area contributed by atoms with E-state index in [9.17, 15) is 8.42 Å². The van der Waals surface area contributed by atoms with Crippen LogP contribution in [0, 0.1) is 6.92 Å². The first kappa shape index (κ1) is 14.5. The molecule has 0 saturated carbocycles. The van der Waals surface area contributed by atoms with E-state index < -0.39 is 10.0 Å². The lowest BCUT2D eigenvalue weighted by atomic mass is 10.3. The number of hydrogen-bond acceptors (Lipinski definition) is 5. The van der Waals surface area contributed by atoms with Crippen LogP contribution >= 0.6 is 0 Å². The van der Waals surface area contributed by atoms with Crippen LogP contribution in [0.3, 0.4) is 0 Å². The van der Waals surface area contributed by atoms with Crippen LogP contribution in [-0.4, -0.2) is 35.4 Å². The highest BCUT2D eigenvalue weighted by atomic mass is 32.2. The predicted molar refractivity (Wildman–Crippen MR) is 74.7 cm³/mol. The molecule has 0 atom stereocenters. The number of hydrogen-bond donors (Lipinski definition) is 4. The molecule has 0 aromatic carbocycles. The number of rotatable bonds is 7. The van der Waals surface area contributed by atoms with E-state index in [1.165, 1.54) is 12.4 Å². The summed E-state index contributed by atoms with van der Waals surface area (Å²) in [5.74, 6) is 0. The van der Waals surface area contributed by atoms with Crippen molar-refractivity contribution >= 4 is 15.7 Å². The van der Waals surface area contributed by atoms with Gasteiger partial charge in [0.25, 0.3) is 10.0 Å². The van der Waals surface area contributed by atoms with E-state index in [-0.39, 0.29) is 4.90 Å². The summed E-state index contributed by atoms with van der Waals surface area (Å²) in [7, 11) is -3.68. The van der Waals surface area contributed by atoms with Gasteiger partial charge in [-0.2, -0.15) is 10.2 Å². The lowest BCUT2D eigenvalue weighted by molar-refractivity contribution is 0.596. The fourth-order valence-corrected chi connectivity index (χ4v) is 3.24. The van der Waals surface area contributed by atoms with Crippen molar-refractivity contribution in [2.24, 2.45) is 0 Å². The highest BCUT2D eigenvalue weighted by Crippen LogP contribution is 2.20. The molecule has 8 nitrogen and oxygen atoms in total. The van der Waals surface area contributed by atoms with Crippen molar-refractivity contribution < 1.29 is 8.42 Å².